The maximum absolute atomic E-state index is 11.3. The van der Waals surface area contributed by atoms with E-state index in [0.29, 0.717) is 6.54 Å². The first kappa shape index (κ1) is 28.6. The zero-order valence-corrected chi connectivity index (χ0v) is 24.5. The summed E-state index contributed by atoms with van der Waals surface area (Å²) in [6.07, 6.45) is 3.47. The lowest BCUT2D eigenvalue weighted by molar-refractivity contribution is -0.398. The Hall–Kier alpha value is -4.50. The fourth-order valence-electron chi connectivity index (χ4n) is 5.71. The molecule has 4 aromatic carbocycles. The lowest BCUT2D eigenvalue weighted by Crippen LogP contribution is -2.36. The van der Waals surface area contributed by atoms with Gasteiger partial charge in [-0.3, -0.25) is 4.90 Å². The Morgan fingerprint density at radius 2 is 1.30 bits per heavy atom. The van der Waals surface area contributed by atoms with Crippen molar-refractivity contribution >= 4 is 22.4 Å². The van der Waals surface area contributed by atoms with Crippen molar-refractivity contribution in [2.24, 2.45) is 0 Å². The van der Waals surface area contributed by atoms with Gasteiger partial charge in [-0.05, 0) is 83.0 Å². The molecule has 0 aliphatic carbocycles. The van der Waals surface area contributed by atoms with Gasteiger partial charge in [0.25, 0.3) is 0 Å². The second-order valence-corrected chi connectivity index (χ2v) is 12.5. The summed E-state index contributed by atoms with van der Waals surface area (Å²) < 4.78 is 1.22. The minimum Gasteiger partial charge on any atom is -0.390 e. The third-order valence-electron chi connectivity index (χ3n) is 7.77. The standard InChI is InChI=1S/C35H33N4O3S/c40-33(38-25-22-36-35(38)39(41)42)26-37-23-20-29(21-24-37)34(27-10-4-1-5-11-27)28-16-18-32(19-17-28)43(30-12-6-2-7-13-30)31-14-8-3-9-15-31/h1-19,22,25,33,40H,20-21,23-24,26H2/q+1. The van der Waals surface area contributed by atoms with E-state index in [-0.39, 0.29) is 16.8 Å². The fraction of sp³-hybridized carbons (Fsp3) is 0.171. The van der Waals surface area contributed by atoms with Crippen LogP contribution >= 0.6 is 0 Å². The number of benzene rings is 4. The smallest absolute Gasteiger partial charge is 0.390 e. The Labute approximate surface area is 254 Å². The van der Waals surface area contributed by atoms with Gasteiger partial charge >= 0.3 is 5.95 Å². The number of hydrogen-bond donors (Lipinski definition) is 1. The van der Waals surface area contributed by atoms with Gasteiger partial charge in [0.05, 0.1) is 17.4 Å². The molecular weight excluding hydrogens is 556 g/mol. The predicted octanol–water partition coefficient (Wildman–Crippen LogP) is 6.98. The molecule has 1 aliphatic heterocycles. The predicted molar refractivity (Wildman–Crippen MR) is 170 cm³/mol. The average molecular weight is 590 g/mol. The van der Waals surface area contributed by atoms with Gasteiger partial charge in [-0.15, -0.1) is 0 Å². The van der Waals surface area contributed by atoms with Gasteiger partial charge in [-0.25, -0.2) is 4.57 Å². The van der Waals surface area contributed by atoms with Crippen LogP contribution in [0.2, 0.25) is 0 Å². The third-order valence-corrected chi connectivity index (χ3v) is 10.00. The van der Waals surface area contributed by atoms with Gasteiger partial charge in [0, 0.05) is 13.1 Å². The molecule has 216 valence electrons. The van der Waals surface area contributed by atoms with E-state index in [0.717, 1.165) is 25.9 Å². The lowest BCUT2D eigenvalue weighted by atomic mass is 9.88. The summed E-state index contributed by atoms with van der Waals surface area (Å²) in [5.41, 5.74) is 5.02. The summed E-state index contributed by atoms with van der Waals surface area (Å²) in [6.45, 7) is 1.82. The van der Waals surface area contributed by atoms with Crippen molar-refractivity contribution in [2.75, 3.05) is 19.6 Å². The molecule has 1 aliphatic rings. The average Bonchev–Trinajstić information content (AvgIpc) is 3.56. The molecule has 7 nitrogen and oxygen atoms in total. The van der Waals surface area contributed by atoms with E-state index in [1.165, 1.54) is 53.9 Å². The lowest BCUT2D eigenvalue weighted by Gasteiger charge is -2.31. The van der Waals surface area contributed by atoms with E-state index in [4.69, 9.17) is 0 Å². The molecule has 0 spiro atoms. The highest BCUT2D eigenvalue weighted by atomic mass is 32.2. The molecule has 6 rings (SSSR count). The fourth-order valence-corrected chi connectivity index (χ4v) is 7.80. The van der Waals surface area contributed by atoms with E-state index in [9.17, 15) is 15.2 Å². The molecule has 1 N–H and O–H groups in total. The monoisotopic (exact) mass is 589 g/mol. The maximum Gasteiger partial charge on any atom is 0.436 e. The first-order chi connectivity index (χ1) is 21.1. The molecule has 0 radical (unpaired) electrons. The van der Waals surface area contributed by atoms with Crippen molar-refractivity contribution < 1.29 is 10.0 Å². The number of nitro groups is 1. The minimum atomic E-state index is -1.03. The Balaban J connectivity index is 1.27. The van der Waals surface area contributed by atoms with Crippen LogP contribution in [-0.4, -0.2) is 44.1 Å². The number of aliphatic hydroxyl groups excluding tert-OH is 1. The molecule has 43 heavy (non-hydrogen) atoms. The third kappa shape index (κ3) is 6.46. The second-order valence-electron chi connectivity index (χ2n) is 10.5. The van der Waals surface area contributed by atoms with E-state index < -0.39 is 11.2 Å². The number of nitrogens with zero attached hydrogens (tertiary/aromatic N) is 4. The van der Waals surface area contributed by atoms with E-state index in [2.05, 4.69) is 119 Å². The van der Waals surface area contributed by atoms with Crippen LogP contribution in [0.5, 0.6) is 0 Å². The molecule has 0 amide bonds. The summed E-state index contributed by atoms with van der Waals surface area (Å²) >= 11 is 0. The summed E-state index contributed by atoms with van der Waals surface area (Å²) in [5.74, 6) is -0.345. The van der Waals surface area contributed by atoms with Crippen LogP contribution in [0.4, 0.5) is 5.95 Å². The molecule has 1 atom stereocenters. The summed E-state index contributed by atoms with van der Waals surface area (Å²) in [4.78, 5) is 20.5. The summed E-state index contributed by atoms with van der Waals surface area (Å²) in [5, 5.41) is 22.0. The topological polar surface area (TPSA) is 84.4 Å². The zero-order chi connectivity index (χ0) is 29.6. The van der Waals surface area contributed by atoms with Gasteiger partial charge in [-0.1, -0.05) is 77.3 Å². The number of β-amino-alcohol motifs (C(OH)–C–C–N with tert-alkyl or cyclic N) is 1. The van der Waals surface area contributed by atoms with Crippen LogP contribution in [0.15, 0.2) is 148 Å². The SMILES string of the molecule is O=[N+]([O-])c1nccn1C(O)CN1CCC(=C(c2ccccc2)c2ccc([S+](c3ccccc3)c3ccccc3)cc2)CC1. The largest absolute Gasteiger partial charge is 0.436 e. The van der Waals surface area contributed by atoms with E-state index >= 15 is 0 Å². The Kier molecular flexibility index (Phi) is 8.79. The minimum absolute atomic E-state index is 0.209. The quantitative estimate of drug-likeness (QED) is 0.114. The molecule has 2 heterocycles. The van der Waals surface area contributed by atoms with Gasteiger partial charge in [-0.2, -0.15) is 0 Å². The highest BCUT2D eigenvalue weighted by molar-refractivity contribution is 7.97. The van der Waals surface area contributed by atoms with Crippen molar-refractivity contribution in [1.29, 1.82) is 0 Å². The molecule has 0 bridgehead atoms. The number of hydrogen-bond acceptors (Lipinski definition) is 5. The molecule has 5 aromatic rings. The van der Waals surface area contributed by atoms with Crippen LogP contribution in [0.1, 0.15) is 30.2 Å². The molecular formula is C35H33N4O3S+. The number of likely N-dealkylation sites (tertiary alicyclic amines) is 1. The highest BCUT2D eigenvalue weighted by Gasteiger charge is 2.29. The Morgan fingerprint density at radius 3 is 1.86 bits per heavy atom. The number of rotatable bonds is 9. The van der Waals surface area contributed by atoms with Gasteiger partial charge < -0.3 is 15.2 Å². The Bertz CT molecular complexity index is 1640. The van der Waals surface area contributed by atoms with Crippen molar-refractivity contribution in [3.63, 3.8) is 0 Å². The number of piperidine rings is 1. The van der Waals surface area contributed by atoms with Gasteiger partial charge in [0.2, 0.25) is 0 Å². The molecule has 0 saturated carbocycles. The maximum atomic E-state index is 11.3. The van der Waals surface area contributed by atoms with Gasteiger partial charge in [0.15, 0.2) is 20.9 Å². The number of aliphatic hydroxyl groups is 1. The van der Waals surface area contributed by atoms with E-state index in [1.54, 1.807) is 0 Å². The Morgan fingerprint density at radius 1 is 0.791 bits per heavy atom. The van der Waals surface area contributed by atoms with Crippen LogP contribution < -0.4 is 0 Å². The molecule has 1 unspecified atom stereocenters. The molecule has 1 aromatic heterocycles. The summed E-state index contributed by atoms with van der Waals surface area (Å²) in [6, 6.07) is 40.9. The number of imidazole rings is 1. The molecule has 8 heteroatoms. The summed E-state index contributed by atoms with van der Waals surface area (Å²) in [7, 11) is -0.209. The first-order valence-corrected chi connectivity index (χ1v) is 15.6. The zero-order valence-electron chi connectivity index (χ0n) is 23.7. The van der Waals surface area contributed by atoms with Crippen molar-refractivity contribution in [1.82, 2.24) is 14.5 Å². The van der Waals surface area contributed by atoms with Crippen LogP contribution in [0.25, 0.3) is 5.57 Å². The molecule has 1 fully saturated rings. The van der Waals surface area contributed by atoms with Crippen molar-refractivity contribution in [3.05, 3.63) is 154 Å². The number of aromatic nitrogens is 2. The first-order valence-electron chi connectivity index (χ1n) is 14.4. The van der Waals surface area contributed by atoms with Crippen LogP contribution in [-0.2, 0) is 10.9 Å². The van der Waals surface area contributed by atoms with Crippen molar-refractivity contribution in [3.8, 4) is 0 Å². The normalized spacial score (nSPS) is 14.5. The second kappa shape index (κ2) is 13.2. The van der Waals surface area contributed by atoms with Crippen LogP contribution in [0, 0.1) is 10.1 Å². The molecule has 1 saturated heterocycles. The van der Waals surface area contributed by atoms with Crippen LogP contribution in [0.3, 0.4) is 0 Å². The van der Waals surface area contributed by atoms with E-state index in [1.807, 2.05) is 6.07 Å². The van der Waals surface area contributed by atoms with Crippen molar-refractivity contribution in [2.45, 2.75) is 33.8 Å². The van der Waals surface area contributed by atoms with Gasteiger partial charge in [0.1, 0.15) is 12.4 Å². The highest BCUT2D eigenvalue weighted by Crippen LogP contribution is 2.36.